The van der Waals surface area contributed by atoms with Crippen molar-refractivity contribution < 1.29 is 22.6 Å². The van der Waals surface area contributed by atoms with Crippen LogP contribution in [0.2, 0.25) is 0 Å². The highest BCUT2D eigenvalue weighted by Crippen LogP contribution is 2.21. The fourth-order valence-corrected chi connectivity index (χ4v) is 2.39. The first-order valence-corrected chi connectivity index (χ1v) is 7.71. The second-order valence-electron chi connectivity index (χ2n) is 5.38. The molecule has 0 amide bonds. The molecule has 0 bridgehead atoms. The summed E-state index contributed by atoms with van der Waals surface area (Å²) in [5.41, 5.74) is 0. The first-order chi connectivity index (χ1) is 12.1. The van der Waals surface area contributed by atoms with Gasteiger partial charge in [0.25, 0.3) is 0 Å². The lowest BCUT2D eigenvalue weighted by Crippen LogP contribution is -2.33. The molecule has 0 spiro atoms. The molecule has 1 aliphatic rings. The lowest BCUT2D eigenvalue weighted by Gasteiger charge is -2.19. The maximum absolute atomic E-state index is 14.0. The highest BCUT2D eigenvalue weighted by Gasteiger charge is 2.25. The Kier molecular flexibility index (Phi) is 5.53. The molecule has 8 nitrogen and oxygen atoms in total. The average molecular weight is 358 g/mol. The molecule has 136 valence electrons. The third kappa shape index (κ3) is 4.95. The molecule has 2 atom stereocenters. The van der Waals surface area contributed by atoms with E-state index in [1.165, 1.54) is 18.5 Å². The van der Waals surface area contributed by atoms with Gasteiger partial charge in [0.15, 0.2) is 5.82 Å². The largest absolute Gasteiger partial charge is 0.470 e. The van der Waals surface area contributed by atoms with Crippen molar-refractivity contribution in [3.05, 3.63) is 18.5 Å². The fraction of sp³-hybridized carbons (Fsp3) is 0.500. The van der Waals surface area contributed by atoms with Crippen LogP contribution < -0.4 is 20.1 Å². The molecule has 0 radical (unpaired) electrons. The normalized spacial score (nSPS) is 21.0. The SMILES string of the molecule is FC(F)Oc1cc(Nc2cncc(O[C@@H]3CCCNC[C@H]3F)n2)[nH]n1. The number of ether oxygens (including phenoxy) is 2. The van der Waals surface area contributed by atoms with Crippen molar-refractivity contribution in [1.82, 2.24) is 25.5 Å². The summed E-state index contributed by atoms with van der Waals surface area (Å²) in [6.45, 7) is -1.98. The number of rotatable bonds is 6. The molecule has 1 aliphatic heterocycles. The monoisotopic (exact) mass is 358 g/mol. The number of nitrogens with one attached hydrogen (secondary N) is 3. The van der Waals surface area contributed by atoms with Crippen LogP contribution >= 0.6 is 0 Å². The summed E-state index contributed by atoms with van der Waals surface area (Å²) in [4.78, 5) is 8.15. The van der Waals surface area contributed by atoms with Crippen LogP contribution in [0.3, 0.4) is 0 Å². The van der Waals surface area contributed by atoms with Crippen molar-refractivity contribution in [3.8, 4) is 11.8 Å². The van der Waals surface area contributed by atoms with Crippen molar-refractivity contribution in [2.75, 3.05) is 18.4 Å². The Bertz CT molecular complexity index is 686. The minimum absolute atomic E-state index is 0.170. The van der Waals surface area contributed by atoms with Gasteiger partial charge in [-0.05, 0) is 19.4 Å². The molecular formula is C14H17F3N6O2. The number of aromatic amines is 1. The number of alkyl halides is 3. The van der Waals surface area contributed by atoms with Crippen LogP contribution in [-0.4, -0.2) is 52.1 Å². The van der Waals surface area contributed by atoms with Gasteiger partial charge in [-0.3, -0.25) is 10.1 Å². The van der Waals surface area contributed by atoms with Crippen LogP contribution in [0.5, 0.6) is 11.8 Å². The molecule has 2 aromatic rings. The minimum Gasteiger partial charge on any atom is -0.470 e. The molecule has 1 fully saturated rings. The van der Waals surface area contributed by atoms with Gasteiger partial charge in [0.05, 0.1) is 12.4 Å². The molecule has 0 aromatic carbocycles. The Morgan fingerprint density at radius 3 is 3.00 bits per heavy atom. The van der Waals surface area contributed by atoms with Crippen LogP contribution in [0.1, 0.15) is 12.8 Å². The van der Waals surface area contributed by atoms with Crippen LogP contribution in [0.25, 0.3) is 0 Å². The standard InChI is InChI=1S/C14H17F3N6O2/c15-8-5-18-3-1-2-9(8)24-13-7-19-6-11(21-13)20-10-4-12(23-22-10)25-14(16)17/h4,6-9,14,18H,1-3,5H2,(H2,20,21,22,23)/t8-,9-/m1/s1. The van der Waals surface area contributed by atoms with E-state index in [0.29, 0.717) is 6.42 Å². The van der Waals surface area contributed by atoms with Gasteiger partial charge in [0.2, 0.25) is 11.8 Å². The molecule has 0 aliphatic carbocycles. The van der Waals surface area contributed by atoms with Crippen LogP contribution in [-0.2, 0) is 0 Å². The number of nitrogens with zero attached hydrogens (tertiary/aromatic N) is 3. The van der Waals surface area contributed by atoms with Crippen molar-refractivity contribution in [2.24, 2.45) is 0 Å². The third-order valence-electron chi connectivity index (χ3n) is 3.50. The van der Waals surface area contributed by atoms with E-state index in [2.05, 4.69) is 35.5 Å². The predicted octanol–water partition coefficient (Wildman–Crippen LogP) is 2.01. The Hall–Kier alpha value is -2.56. The predicted molar refractivity (Wildman–Crippen MR) is 82.0 cm³/mol. The average Bonchev–Trinajstić information content (AvgIpc) is 2.89. The van der Waals surface area contributed by atoms with Crippen molar-refractivity contribution >= 4 is 11.6 Å². The van der Waals surface area contributed by atoms with Crippen LogP contribution in [0.15, 0.2) is 18.5 Å². The minimum atomic E-state index is -2.96. The van der Waals surface area contributed by atoms with Gasteiger partial charge in [-0.25, -0.2) is 4.39 Å². The van der Waals surface area contributed by atoms with Gasteiger partial charge in [0.1, 0.15) is 18.1 Å². The van der Waals surface area contributed by atoms with Crippen molar-refractivity contribution in [2.45, 2.75) is 31.7 Å². The number of hydrogen-bond acceptors (Lipinski definition) is 7. The summed E-state index contributed by atoms with van der Waals surface area (Å²) in [5.74, 6) is 0.475. The van der Waals surface area contributed by atoms with Crippen LogP contribution in [0.4, 0.5) is 24.8 Å². The third-order valence-corrected chi connectivity index (χ3v) is 3.50. The summed E-state index contributed by atoms with van der Waals surface area (Å²) in [6.07, 6.45) is 2.43. The second kappa shape index (κ2) is 8.01. The van der Waals surface area contributed by atoms with Crippen molar-refractivity contribution in [3.63, 3.8) is 0 Å². The van der Waals surface area contributed by atoms with Crippen molar-refractivity contribution in [1.29, 1.82) is 0 Å². The molecule has 11 heteroatoms. The van der Waals surface area contributed by atoms with E-state index in [4.69, 9.17) is 4.74 Å². The quantitative estimate of drug-likeness (QED) is 0.727. The summed E-state index contributed by atoms with van der Waals surface area (Å²) >= 11 is 0. The molecule has 3 N–H and O–H groups in total. The van der Waals surface area contributed by atoms with Gasteiger partial charge >= 0.3 is 6.61 Å². The van der Waals surface area contributed by atoms with Gasteiger partial charge < -0.3 is 20.1 Å². The van der Waals surface area contributed by atoms with Gasteiger partial charge in [-0.2, -0.15) is 13.8 Å². The maximum atomic E-state index is 14.0. The Morgan fingerprint density at radius 1 is 1.28 bits per heavy atom. The summed E-state index contributed by atoms with van der Waals surface area (Å²) in [7, 11) is 0. The zero-order valence-corrected chi connectivity index (χ0v) is 13.1. The first-order valence-electron chi connectivity index (χ1n) is 7.71. The molecule has 1 saturated heterocycles. The Labute approximate surface area is 141 Å². The number of H-pyrrole nitrogens is 1. The molecule has 0 saturated carbocycles. The van der Waals surface area contributed by atoms with E-state index in [1.54, 1.807) is 0 Å². The molecule has 25 heavy (non-hydrogen) atoms. The topological polar surface area (TPSA) is 97.0 Å². The number of anilines is 2. The maximum Gasteiger partial charge on any atom is 0.388 e. The highest BCUT2D eigenvalue weighted by atomic mass is 19.3. The zero-order valence-electron chi connectivity index (χ0n) is 13.1. The number of halogens is 3. The van der Waals surface area contributed by atoms with E-state index in [-0.39, 0.29) is 29.9 Å². The highest BCUT2D eigenvalue weighted by molar-refractivity contribution is 5.51. The summed E-state index contributed by atoms with van der Waals surface area (Å²) in [6, 6.07) is 1.25. The second-order valence-corrected chi connectivity index (χ2v) is 5.38. The fourth-order valence-electron chi connectivity index (χ4n) is 2.39. The lowest BCUT2D eigenvalue weighted by molar-refractivity contribution is -0.0528. The molecule has 0 unspecified atom stereocenters. The van der Waals surface area contributed by atoms with E-state index in [1.807, 2.05) is 0 Å². The van der Waals surface area contributed by atoms with E-state index in [0.717, 1.165) is 13.0 Å². The molecular weight excluding hydrogens is 341 g/mol. The van der Waals surface area contributed by atoms with Gasteiger partial charge in [-0.1, -0.05) is 0 Å². The number of aromatic nitrogens is 4. The zero-order chi connectivity index (χ0) is 17.6. The first kappa shape index (κ1) is 17.3. The van der Waals surface area contributed by atoms with E-state index < -0.39 is 18.9 Å². The Morgan fingerprint density at radius 2 is 2.16 bits per heavy atom. The Balaban J connectivity index is 1.63. The van der Waals surface area contributed by atoms with Gasteiger partial charge in [0, 0.05) is 12.6 Å². The summed E-state index contributed by atoms with van der Waals surface area (Å²) in [5, 5.41) is 11.8. The molecule has 3 heterocycles. The molecule has 2 aromatic heterocycles. The molecule has 3 rings (SSSR count). The smallest absolute Gasteiger partial charge is 0.388 e. The van der Waals surface area contributed by atoms with Gasteiger partial charge in [-0.15, -0.1) is 5.10 Å². The van der Waals surface area contributed by atoms with Crippen LogP contribution in [0, 0.1) is 0 Å². The summed E-state index contributed by atoms with van der Waals surface area (Å²) < 4.78 is 48.0. The lowest BCUT2D eigenvalue weighted by atomic mass is 10.1. The number of hydrogen-bond donors (Lipinski definition) is 3. The van der Waals surface area contributed by atoms with E-state index >= 15 is 0 Å². The van der Waals surface area contributed by atoms with E-state index in [9.17, 15) is 13.2 Å².